The Bertz CT molecular complexity index is 521. The Morgan fingerprint density at radius 3 is 2.65 bits per heavy atom. The summed E-state index contributed by atoms with van der Waals surface area (Å²) >= 11 is 0. The average Bonchev–Trinajstić information content (AvgIpc) is 2.38. The molecule has 0 spiro atoms. The fourth-order valence-electron chi connectivity index (χ4n) is 1.56. The van der Waals surface area contributed by atoms with Crippen LogP contribution in [0.4, 0.5) is 18.9 Å². The molecule has 0 aromatic heterocycles. The van der Waals surface area contributed by atoms with Gasteiger partial charge in [-0.3, -0.25) is 4.79 Å². The van der Waals surface area contributed by atoms with Gasteiger partial charge in [-0.2, -0.15) is 18.4 Å². The Morgan fingerprint density at radius 1 is 1.40 bits per heavy atom. The number of carbonyl (C=O) groups excluding carboxylic acids is 1. The van der Waals surface area contributed by atoms with Crippen molar-refractivity contribution < 1.29 is 18.0 Å². The summed E-state index contributed by atoms with van der Waals surface area (Å²) in [5, 5.41) is 14.2. The molecule has 0 fully saturated rings. The van der Waals surface area contributed by atoms with E-state index >= 15 is 0 Å². The predicted molar refractivity (Wildman–Crippen MR) is 67.9 cm³/mol. The van der Waals surface area contributed by atoms with Crippen LogP contribution in [0.2, 0.25) is 0 Å². The smallest absolute Gasteiger partial charge is 0.325 e. The number of carbonyl (C=O) groups is 1. The Hall–Kier alpha value is -2.07. The molecule has 20 heavy (non-hydrogen) atoms. The lowest BCUT2D eigenvalue weighted by Crippen LogP contribution is -2.16. The number of hydrogen-bond donors (Lipinski definition) is 2. The number of benzene rings is 1. The average molecular weight is 285 g/mol. The first-order valence-electron chi connectivity index (χ1n) is 5.94. The van der Waals surface area contributed by atoms with Crippen molar-refractivity contribution in [3.05, 3.63) is 29.3 Å². The number of rotatable bonds is 5. The molecule has 0 aliphatic carbocycles. The van der Waals surface area contributed by atoms with Gasteiger partial charge in [-0.15, -0.1) is 0 Å². The summed E-state index contributed by atoms with van der Waals surface area (Å²) in [5.41, 5.74) is -1.03. The minimum absolute atomic E-state index is 0.0926. The monoisotopic (exact) mass is 285 g/mol. The molecule has 0 aliphatic rings. The van der Waals surface area contributed by atoms with Gasteiger partial charge in [-0.1, -0.05) is 0 Å². The van der Waals surface area contributed by atoms with E-state index in [0.717, 1.165) is 18.2 Å². The van der Waals surface area contributed by atoms with Crippen LogP contribution in [0.25, 0.3) is 0 Å². The second-order valence-corrected chi connectivity index (χ2v) is 4.13. The molecule has 2 N–H and O–H groups in total. The highest BCUT2D eigenvalue weighted by Gasteiger charge is 2.31. The van der Waals surface area contributed by atoms with Crippen LogP contribution in [-0.4, -0.2) is 19.5 Å². The molecular weight excluding hydrogens is 271 g/mol. The molecule has 108 valence electrons. The first-order chi connectivity index (χ1) is 9.38. The van der Waals surface area contributed by atoms with Gasteiger partial charge in [-0.05, 0) is 38.2 Å². The zero-order valence-electron chi connectivity index (χ0n) is 10.8. The van der Waals surface area contributed by atoms with E-state index in [1.54, 1.807) is 13.1 Å². The van der Waals surface area contributed by atoms with Crippen LogP contribution < -0.4 is 10.6 Å². The quantitative estimate of drug-likeness (QED) is 0.817. The van der Waals surface area contributed by atoms with Crippen molar-refractivity contribution >= 4 is 11.6 Å². The van der Waals surface area contributed by atoms with Gasteiger partial charge in [0.2, 0.25) is 5.91 Å². The van der Waals surface area contributed by atoms with Gasteiger partial charge in [0.15, 0.2) is 0 Å². The van der Waals surface area contributed by atoms with E-state index in [-0.39, 0.29) is 23.6 Å². The normalized spacial score (nSPS) is 10.9. The van der Waals surface area contributed by atoms with Gasteiger partial charge < -0.3 is 10.6 Å². The summed E-state index contributed by atoms with van der Waals surface area (Å²) in [6.45, 7) is 0.658. The van der Waals surface area contributed by atoms with Crippen LogP contribution in [0, 0.1) is 11.3 Å². The summed E-state index contributed by atoms with van der Waals surface area (Å²) in [5.74, 6) is -0.337. The number of hydrogen-bond acceptors (Lipinski definition) is 3. The minimum Gasteiger partial charge on any atom is -0.325 e. The van der Waals surface area contributed by atoms with Crippen LogP contribution in [0.3, 0.4) is 0 Å². The van der Waals surface area contributed by atoms with E-state index in [1.807, 2.05) is 0 Å². The fraction of sp³-hybridized carbons (Fsp3) is 0.385. The van der Waals surface area contributed by atoms with E-state index in [9.17, 15) is 18.0 Å². The van der Waals surface area contributed by atoms with Crippen molar-refractivity contribution in [2.24, 2.45) is 0 Å². The number of halogens is 3. The van der Waals surface area contributed by atoms with Crippen LogP contribution in [0.15, 0.2) is 18.2 Å². The third kappa shape index (κ3) is 4.55. The molecule has 0 atom stereocenters. The third-order valence-corrected chi connectivity index (χ3v) is 2.57. The highest BCUT2D eigenvalue weighted by atomic mass is 19.4. The molecule has 0 saturated heterocycles. The topological polar surface area (TPSA) is 64.9 Å². The second-order valence-electron chi connectivity index (χ2n) is 4.13. The summed E-state index contributed by atoms with van der Waals surface area (Å²) in [6.07, 6.45) is -3.68. The summed E-state index contributed by atoms with van der Waals surface area (Å²) in [4.78, 5) is 11.6. The molecule has 4 nitrogen and oxygen atoms in total. The maximum Gasteiger partial charge on any atom is 0.416 e. The largest absolute Gasteiger partial charge is 0.416 e. The number of anilines is 1. The van der Waals surface area contributed by atoms with Crippen molar-refractivity contribution in [2.45, 2.75) is 19.0 Å². The SMILES string of the molecule is CNCCCC(=O)Nc1ccc(C(F)(F)F)cc1C#N. The lowest BCUT2D eigenvalue weighted by Gasteiger charge is -2.11. The Labute approximate surface area is 114 Å². The third-order valence-electron chi connectivity index (χ3n) is 2.57. The van der Waals surface area contributed by atoms with Crippen molar-refractivity contribution in [3.8, 4) is 6.07 Å². The van der Waals surface area contributed by atoms with E-state index in [4.69, 9.17) is 5.26 Å². The van der Waals surface area contributed by atoms with Crippen molar-refractivity contribution in [2.75, 3.05) is 18.9 Å². The summed E-state index contributed by atoms with van der Waals surface area (Å²) in [7, 11) is 1.75. The van der Waals surface area contributed by atoms with Crippen LogP contribution in [0.5, 0.6) is 0 Å². The second kappa shape index (κ2) is 6.91. The number of amides is 1. The van der Waals surface area contributed by atoms with E-state index in [0.29, 0.717) is 13.0 Å². The molecule has 7 heteroatoms. The standard InChI is InChI=1S/C13H14F3N3O/c1-18-6-2-3-12(20)19-11-5-4-10(13(14,15)16)7-9(11)8-17/h4-5,7,18H,2-3,6H2,1H3,(H,19,20). The predicted octanol–water partition coefficient (Wildman–Crippen LogP) is 2.52. The molecule has 0 radical (unpaired) electrons. The molecular formula is C13H14F3N3O. The van der Waals surface area contributed by atoms with Crippen molar-refractivity contribution in [1.29, 1.82) is 5.26 Å². The number of nitrogens with zero attached hydrogens (tertiary/aromatic N) is 1. The number of nitriles is 1. The van der Waals surface area contributed by atoms with Gasteiger partial charge in [0.05, 0.1) is 16.8 Å². The van der Waals surface area contributed by atoms with E-state index in [1.165, 1.54) is 0 Å². The highest BCUT2D eigenvalue weighted by molar-refractivity contribution is 5.92. The molecule has 1 aromatic carbocycles. The fourth-order valence-corrected chi connectivity index (χ4v) is 1.56. The van der Waals surface area contributed by atoms with Gasteiger partial charge in [0.25, 0.3) is 0 Å². The maximum absolute atomic E-state index is 12.5. The summed E-state index contributed by atoms with van der Waals surface area (Å²) < 4.78 is 37.5. The zero-order chi connectivity index (χ0) is 15.2. The molecule has 1 amide bonds. The van der Waals surface area contributed by atoms with Gasteiger partial charge in [0, 0.05) is 6.42 Å². The van der Waals surface area contributed by atoms with Crippen molar-refractivity contribution in [1.82, 2.24) is 5.32 Å². The van der Waals surface area contributed by atoms with Crippen LogP contribution in [0.1, 0.15) is 24.0 Å². The molecule has 0 bridgehead atoms. The molecule has 1 aromatic rings. The number of alkyl halides is 3. The van der Waals surface area contributed by atoms with Gasteiger partial charge in [-0.25, -0.2) is 0 Å². The van der Waals surface area contributed by atoms with Crippen LogP contribution >= 0.6 is 0 Å². The molecule has 1 rings (SSSR count). The van der Waals surface area contributed by atoms with Gasteiger partial charge >= 0.3 is 6.18 Å². The lowest BCUT2D eigenvalue weighted by atomic mass is 10.1. The minimum atomic E-state index is -4.51. The first-order valence-corrected chi connectivity index (χ1v) is 5.94. The van der Waals surface area contributed by atoms with E-state index < -0.39 is 11.7 Å². The van der Waals surface area contributed by atoms with Crippen LogP contribution in [-0.2, 0) is 11.0 Å². The Kier molecular flexibility index (Phi) is 5.53. The maximum atomic E-state index is 12.5. The number of nitrogens with one attached hydrogen (secondary N) is 2. The van der Waals surface area contributed by atoms with Gasteiger partial charge in [0.1, 0.15) is 6.07 Å². The molecule has 0 saturated carbocycles. The Balaban J connectivity index is 2.81. The van der Waals surface area contributed by atoms with Crippen molar-refractivity contribution in [3.63, 3.8) is 0 Å². The molecule has 0 aliphatic heterocycles. The Morgan fingerprint density at radius 2 is 2.10 bits per heavy atom. The first kappa shape index (κ1) is 16.0. The highest BCUT2D eigenvalue weighted by Crippen LogP contribution is 2.31. The summed E-state index contributed by atoms with van der Waals surface area (Å²) in [6, 6.07) is 4.31. The molecule has 0 unspecified atom stereocenters. The molecule has 0 heterocycles. The zero-order valence-corrected chi connectivity index (χ0v) is 10.8. The lowest BCUT2D eigenvalue weighted by molar-refractivity contribution is -0.137. The van der Waals surface area contributed by atoms with E-state index in [2.05, 4.69) is 10.6 Å².